The molecule has 0 aromatic heterocycles. The quantitative estimate of drug-likeness (QED) is 0.829. The summed E-state index contributed by atoms with van der Waals surface area (Å²) in [5.41, 5.74) is 2.91. The van der Waals surface area contributed by atoms with E-state index in [0.29, 0.717) is 12.6 Å². The highest BCUT2D eigenvalue weighted by Crippen LogP contribution is 2.41. The van der Waals surface area contributed by atoms with Crippen molar-refractivity contribution in [2.45, 2.75) is 25.8 Å². The van der Waals surface area contributed by atoms with E-state index in [0.717, 1.165) is 35.3 Å². The van der Waals surface area contributed by atoms with Crippen molar-refractivity contribution in [1.82, 2.24) is 10.0 Å². The predicted octanol–water partition coefficient (Wildman–Crippen LogP) is 3.44. The highest BCUT2D eigenvalue weighted by molar-refractivity contribution is 6.03. The molecule has 24 heavy (non-hydrogen) atoms. The van der Waals surface area contributed by atoms with Crippen molar-refractivity contribution < 1.29 is 9.13 Å². The third-order valence-corrected chi connectivity index (χ3v) is 4.93. The summed E-state index contributed by atoms with van der Waals surface area (Å²) in [7, 11) is 1.67. The number of aliphatic imine (C=N–C) groups is 1. The van der Waals surface area contributed by atoms with Crippen LogP contribution in [0.2, 0.25) is 0 Å². The number of rotatable bonds is 5. The van der Waals surface area contributed by atoms with Gasteiger partial charge in [0, 0.05) is 19.7 Å². The maximum absolute atomic E-state index is 13.3. The summed E-state index contributed by atoms with van der Waals surface area (Å²) in [6.45, 7) is 3.61. The van der Waals surface area contributed by atoms with Gasteiger partial charge in [0.1, 0.15) is 11.6 Å². The molecule has 0 bridgehead atoms. The summed E-state index contributed by atoms with van der Waals surface area (Å²) in [6.07, 6.45) is 6.81. The van der Waals surface area contributed by atoms with Crippen LogP contribution in [0.3, 0.4) is 0 Å². The Labute approximate surface area is 141 Å². The van der Waals surface area contributed by atoms with E-state index in [-0.39, 0.29) is 5.82 Å². The number of methoxy groups -OCH3 is 1. The lowest BCUT2D eigenvalue weighted by molar-refractivity contribution is 0.0456. The minimum Gasteiger partial charge on any atom is -0.378 e. The predicted molar refractivity (Wildman–Crippen MR) is 92.5 cm³/mol. The lowest BCUT2D eigenvalue weighted by atomic mass is 10.1. The molecular formula is C19H22FN3O. The van der Waals surface area contributed by atoms with Gasteiger partial charge in [-0.3, -0.25) is 5.01 Å². The summed E-state index contributed by atoms with van der Waals surface area (Å²) in [5, 5.41) is 4.56. The van der Waals surface area contributed by atoms with Gasteiger partial charge < -0.3 is 4.74 Å². The highest BCUT2D eigenvalue weighted by Gasteiger charge is 2.39. The largest absolute Gasteiger partial charge is 0.378 e. The Bertz CT molecular complexity index is 719. The molecule has 126 valence electrons. The van der Waals surface area contributed by atoms with E-state index in [4.69, 9.17) is 9.73 Å². The molecule has 3 aliphatic rings. The molecule has 0 spiro atoms. The fraction of sp³-hybridized carbons (Fsp3) is 0.421. The molecule has 2 aliphatic heterocycles. The van der Waals surface area contributed by atoms with Crippen LogP contribution in [0.5, 0.6) is 0 Å². The van der Waals surface area contributed by atoms with Crippen molar-refractivity contribution in [3.8, 4) is 0 Å². The van der Waals surface area contributed by atoms with Gasteiger partial charge in [-0.15, -0.1) is 0 Å². The van der Waals surface area contributed by atoms with Crippen molar-refractivity contribution in [2.24, 2.45) is 10.9 Å². The van der Waals surface area contributed by atoms with E-state index in [2.05, 4.69) is 23.0 Å². The van der Waals surface area contributed by atoms with Crippen LogP contribution < -0.4 is 0 Å². The molecule has 0 N–H and O–H groups in total. The number of nitrogens with zero attached hydrogens (tertiary/aromatic N) is 3. The standard InChI is InChI=1S/C19H22FN3O/c1-13(14-3-4-14)22-10-9-19-21-17(12-24-2)11-18(23(19)22)15-5-7-16(20)8-6-15/h5-9,11,13-14H,3-4,10,12H2,1-2H3/t13-/m0/s1. The molecule has 0 amide bonds. The zero-order valence-corrected chi connectivity index (χ0v) is 14.1. The van der Waals surface area contributed by atoms with Gasteiger partial charge in [0.05, 0.1) is 18.0 Å². The fourth-order valence-electron chi connectivity index (χ4n) is 3.45. The number of hydrogen-bond donors (Lipinski definition) is 0. The van der Waals surface area contributed by atoms with Crippen LogP contribution in [0.4, 0.5) is 4.39 Å². The molecule has 5 heteroatoms. The molecular weight excluding hydrogens is 305 g/mol. The Morgan fingerprint density at radius 1 is 1.29 bits per heavy atom. The molecule has 1 saturated carbocycles. The van der Waals surface area contributed by atoms with Crippen LogP contribution in [0.1, 0.15) is 25.3 Å². The first-order chi connectivity index (χ1) is 11.7. The Kier molecular flexibility index (Phi) is 3.98. The molecule has 4 nitrogen and oxygen atoms in total. The second-order valence-corrected chi connectivity index (χ2v) is 6.65. The number of halogens is 1. The first kappa shape index (κ1) is 15.5. The smallest absolute Gasteiger partial charge is 0.145 e. The van der Waals surface area contributed by atoms with Gasteiger partial charge in [-0.1, -0.05) is 0 Å². The lowest BCUT2D eigenvalue weighted by Gasteiger charge is -2.38. The van der Waals surface area contributed by atoms with Crippen molar-refractivity contribution in [1.29, 1.82) is 0 Å². The summed E-state index contributed by atoms with van der Waals surface area (Å²) >= 11 is 0. The van der Waals surface area contributed by atoms with Crippen LogP contribution in [0.15, 0.2) is 47.2 Å². The van der Waals surface area contributed by atoms with Crippen LogP contribution >= 0.6 is 0 Å². The molecule has 0 saturated heterocycles. The molecule has 1 fully saturated rings. The fourth-order valence-corrected chi connectivity index (χ4v) is 3.45. The Balaban J connectivity index is 1.71. The molecule has 2 heterocycles. The summed E-state index contributed by atoms with van der Waals surface area (Å²) in [4.78, 5) is 4.73. The Hall–Kier alpha value is -1.98. The van der Waals surface area contributed by atoms with Crippen molar-refractivity contribution in [3.63, 3.8) is 0 Å². The average molecular weight is 327 g/mol. The van der Waals surface area contributed by atoms with E-state index in [1.807, 2.05) is 18.2 Å². The first-order valence-electron chi connectivity index (χ1n) is 8.48. The lowest BCUT2D eigenvalue weighted by Crippen LogP contribution is -2.44. The van der Waals surface area contributed by atoms with Gasteiger partial charge in [-0.05, 0) is 67.7 Å². The van der Waals surface area contributed by atoms with Crippen molar-refractivity contribution in [3.05, 3.63) is 53.6 Å². The highest BCUT2D eigenvalue weighted by atomic mass is 19.1. The van der Waals surface area contributed by atoms with E-state index in [9.17, 15) is 4.39 Å². The van der Waals surface area contributed by atoms with Crippen molar-refractivity contribution >= 4 is 11.4 Å². The Morgan fingerprint density at radius 3 is 2.71 bits per heavy atom. The normalized spacial score (nSPS) is 22.0. The second-order valence-electron chi connectivity index (χ2n) is 6.65. The number of hydrazine groups is 1. The van der Waals surface area contributed by atoms with Crippen LogP contribution in [-0.4, -0.2) is 42.0 Å². The SMILES string of the molecule is COCC1=NC2=CCN([C@@H](C)C3CC3)N2C(c2ccc(F)cc2)=C1. The van der Waals surface area contributed by atoms with E-state index >= 15 is 0 Å². The third-order valence-electron chi connectivity index (χ3n) is 4.93. The van der Waals surface area contributed by atoms with Gasteiger partial charge in [0.2, 0.25) is 0 Å². The summed E-state index contributed by atoms with van der Waals surface area (Å²) < 4.78 is 18.6. The topological polar surface area (TPSA) is 28.1 Å². The molecule has 0 radical (unpaired) electrons. The molecule has 1 atom stereocenters. The maximum atomic E-state index is 13.3. The number of benzene rings is 1. The summed E-state index contributed by atoms with van der Waals surface area (Å²) in [6, 6.07) is 7.14. The Morgan fingerprint density at radius 2 is 2.04 bits per heavy atom. The van der Waals surface area contributed by atoms with E-state index < -0.39 is 0 Å². The molecule has 1 aromatic carbocycles. The van der Waals surface area contributed by atoms with Gasteiger partial charge in [0.15, 0.2) is 0 Å². The number of hydrogen-bond acceptors (Lipinski definition) is 4. The maximum Gasteiger partial charge on any atom is 0.145 e. The third kappa shape index (κ3) is 2.78. The van der Waals surface area contributed by atoms with Crippen LogP contribution in [0, 0.1) is 11.7 Å². The summed E-state index contributed by atoms with van der Waals surface area (Å²) in [5.74, 6) is 1.48. The minimum atomic E-state index is -0.221. The molecule has 1 aromatic rings. The molecule has 0 unspecified atom stereocenters. The number of fused-ring (bicyclic) bond motifs is 1. The van der Waals surface area contributed by atoms with Crippen LogP contribution in [0.25, 0.3) is 5.70 Å². The second kappa shape index (κ2) is 6.15. The van der Waals surface area contributed by atoms with Crippen LogP contribution in [-0.2, 0) is 4.74 Å². The van der Waals surface area contributed by atoms with Gasteiger partial charge in [-0.2, -0.15) is 0 Å². The van der Waals surface area contributed by atoms with E-state index in [1.54, 1.807) is 7.11 Å². The van der Waals surface area contributed by atoms with Gasteiger partial charge in [0.25, 0.3) is 0 Å². The molecule has 4 rings (SSSR count). The zero-order valence-electron chi connectivity index (χ0n) is 14.1. The number of ether oxygens (including phenoxy) is 1. The average Bonchev–Trinajstić information content (AvgIpc) is 3.34. The van der Waals surface area contributed by atoms with Gasteiger partial charge >= 0.3 is 0 Å². The molecule has 1 aliphatic carbocycles. The van der Waals surface area contributed by atoms with Gasteiger partial charge in [-0.25, -0.2) is 14.4 Å². The monoisotopic (exact) mass is 327 g/mol. The minimum absolute atomic E-state index is 0.221. The van der Waals surface area contributed by atoms with Crippen molar-refractivity contribution in [2.75, 3.05) is 20.3 Å². The zero-order chi connectivity index (χ0) is 16.7. The first-order valence-corrected chi connectivity index (χ1v) is 8.48. The van der Waals surface area contributed by atoms with E-state index in [1.165, 1.54) is 25.0 Å².